The van der Waals surface area contributed by atoms with Gasteiger partial charge in [0.15, 0.2) is 0 Å². The van der Waals surface area contributed by atoms with Gasteiger partial charge in [-0.3, -0.25) is 4.90 Å². The van der Waals surface area contributed by atoms with E-state index in [2.05, 4.69) is 18.7 Å². The lowest BCUT2D eigenvalue weighted by Crippen LogP contribution is -2.37. The number of hydrogen-bond acceptors (Lipinski definition) is 2. The fourth-order valence-corrected chi connectivity index (χ4v) is 2.17. The Morgan fingerprint density at radius 1 is 1.27 bits per heavy atom. The number of rotatable bonds is 3. The van der Waals surface area contributed by atoms with Crippen LogP contribution in [0, 0.1) is 0 Å². The highest BCUT2D eigenvalue weighted by Gasteiger charge is 2.29. The van der Waals surface area contributed by atoms with Crippen molar-refractivity contribution in [3.05, 3.63) is 0 Å². The molecule has 0 radical (unpaired) electrons. The number of aliphatic hydroxyl groups is 1. The first-order valence-electron chi connectivity index (χ1n) is 4.70. The van der Waals surface area contributed by atoms with Crippen molar-refractivity contribution in [2.24, 2.45) is 0 Å². The summed E-state index contributed by atoms with van der Waals surface area (Å²) in [5, 5.41) is 9.04. The summed E-state index contributed by atoms with van der Waals surface area (Å²) in [7, 11) is 0. The number of hydrogen-bond donors (Lipinski definition) is 1. The van der Waals surface area contributed by atoms with Crippen LogP contribution in [0.2, 0.25) is 0 Å². The third-order valence-electron chi connectivity index (χ3n) is 2.82. The minimum atomic E-state index is 0.338. The number of likely N-dealkylation sites (N-methyl/N-ethyl adjacent to an activating group) is 1. The van der Waals surface area contributed by atoms with Gasteiger partial charge < -0.3 is 5.11 Å². The molecule has 2 unspecified atom stereocenters. The van der Waals surface area contributed by atoms with Crippen molar-refractivity contribution in [1.29, 1.82) is 0 Å². The summed E-state index contributed by atoms with van der Waals surface area (Å²) in [5.41, 5.74) is 0. The maximum atomic E-state index is 9.04. The topological polar surface area (TPSA) is 23.5 Å². The quantitative estimate of drug-likeness (QED) is 0.666. The van der Waals surface area contributed by atoms with Crippen LogP contribution in [0.1, 0.15) is 33.1 Å². The normalized spacial score (nSPS) is 33.0. The third-order valence-corrected chi connectivity index (χ3v) is 2.82. The fraction of sp³-hybridized carbons (Fsp3) is 1.00. The molecule has 2 nitrogen and oxygen atoms in total. The lowest BCUT2D eigenvalue weighted by atomic mass is 10.1. The van der Waals surface area contributed by atoms with E-state index >= 15 is 0 Å². The summed E-state index contributed by atoms with van der Waals surface area (Å²) in [6.07, 6.45) is 3.68. The molecule has 1 saturated heterocycles. The van der Waals surface area contributed by atoms with Gasteiger partial charge in [-0.1, -0.05) is 13.8 Å². The van der Waals surface area contributed by atoms with E-state index in [4.69, 9.17) is 5.11 Å². The van der Waals surface area contributed by atoms with Gasteiger partial charge in [0.25, 0.3) is 0 Å². The molecule has 1 fully saturated rings. The first-order valence-corrected chi connectivity index (χ1v) is 4.70. The van der Waals surface area contributed by atoms with Crippen LogP contribution < -0.4 is 0 Å². The van der Waals surface area contributed by atoms with Crippen molar-refractivity contribution in [3.8, 4) is 0 Å². The van der Waals surface area contributed by atoms with Crippen molar-refractivity contribution in [2.75, 3.05) is 13.2 Å². The first kappa shape index (κ1) is 9.01. The molecule has 0 aromatic heterocycles. The number of nitrogens with zero attached hydrogens (tertiary/aromatic N) is 1. The molecule has 0 aromatic carbocycles. The molecule has 2 atom stereocenters. The Balaban J connectivity index is 2.48. The van der Waals surface area contributed by atoms with E-state index in [1.807, 2.05) is 0 Å². The van der Waals surface area contributed by atoms with Gasteiger partial charge in [0.2, 0.25) is 0 Å². The van der Waals surface area contributed by atoms with Crippen LogP contribution in [0.4, 0.5) is 0 Å². The monoisotopic (exact) mass is 157 g/mol. The van der Waals surface area contributed by atoms with E-state index < -0.39 is 0 Å². The smallest absolute Gasteiger partial charge is 0.0586 e. The van der Waals surface area contributed by atoms with Crippen LogP contribution in [0.3, 0.4) is 0 Å². The Hall–Kier alpha value is -0.0800. The van der Waals surface area contributed by atoms with E-state index in [-0.39, 0.29) is 0 Å². The summed E-state index contributed by atoms with van der Waals surface area (Å²) >= 11 is 0. The lowest BCUT2D eigenvalue weighted by molar-refractivity contribution is 0.133. The van der Waals surface area contributed by atoms with Crippen molar-refractivity contribution in [1.82, 2.24) is 4.90 Å². The van der Waals surface area contributed by atoms with Crippen molar-refractivity contribution < 1.29 is 5.11 Å². The minimum Gasteiger partial charge on any atom is -0.395 e. The fourth-order valence-electron chi connectivity index (χ4n) is 2.17. The van der Waals surface area contributed by atoms with Gasteiger partial charge in [0.1, 0.15) is 0 Å². The van der Waals surface area contributed by atoms with Crippen LogP contribution in [0.25, 0.3) is 0 Å². The van der Waals surface area contributed by atoms with Crippen LogP contribution in [-0.2, 0) is 0 Å². The average molecular weight is 157 g/mol. The van der Waals surface area contributed by atoms with Crippen molar-refractivity contribution in [3.63, 3.8) is 0 Å². The maximum absolute atomic E-state index is 9.04. The van der Waals surface area contributed by atoms with Gasteiger partial charge >= 0.3 is 0 Å². The highest BCUT2D eigenvalue weighted by atomic mass is 16.3. The van der Waals surface area contributed by atoms with Crippen LogP contribution in [0.15, 0.2) is 0 Å². The zero-order valence-corrected chi connectivity index (χ0v) is 7.58. The van der Waals surface area contributed by atoms with Gasteiger partial charge in [-0.25, -0.2) is 0 Å². The van der Waals surface area contributed by atoms with Gasteiger partial charge in [0, 0.05) is 12.1 Å². The van der Waals surface area contributed by atoms with E-state index in [1.54, 1.807) is 0 Å². The summed E-state index contributed by atoms with van der Waals surface area (Å²) in [5.74, 6) is 0. The Morgan fingerprint density at radius 2 is 1.91 bits per heavy atom. The Labute approximate surface area is 69.2 Å². The molecule has 11 heavy (non-hydrogen) atoms. The zero-order valence-electron chi connectivity index (χ0n) is 7.58. The molecule has 1 heterocycles. The SMILES string of the molecule is CCC1CCC(CO)N1CC. The molecule has 1 aliphatic heterocycles. The zero-order chi connectivity index (χ0) is 8.27. The second-order valence-electron chi connectivity index (χ2n) is 3.31. The molecular formula is C9H19NO. The molecule has 0 spiro atoms. The van der Waals surface area contributed by atoms with Gasteiger partial charge in [-0.05, 0) is 25.8 Å². The Bertz CT molecular complexity index is 104. The molecule has 0 bridgehead atoms. The first-order chi connectivity index (χ1) is 5.33. The second-order valence-corrected chi connectivity index (χ2v) is 3.31. The molecule has 2 heteroatoms. The summed E-state index contributed by atoms with van der Waals surface area (Å²) in [6.45, 7) is 5.83. The largest absolute Gasteiger partial charge is 0.395 e. The van der Waals surface area contributed by atoms with Gasteiger partial charge in [-0.15, -0.1) is 0 Å². The number of likely N-dealkylation sites (tertiary alicyclic amines) is 1. The molecule has 1 aliphatic rings. The highest BCUT2D eigenvalue weighted by Crippen LogP contribution is 2.25. The maximum Gasteiger partial charge on any atom is 0.0586 e. The molecule has 1 N–H and O–H groups in total. The van der Waals surface area contributed by atoms with E-state index in [0.717, 1.165) is 12.6 Å². The van der Waals surface area contributed by atoms with Crippen molar-refractivity contribution in [2.45, 2.75) is 45.2 Å². The summed E-state index contributed by atoms with van der Waals surface area (Å²) in [4.78, 5) is 2.43. The van der Waals surface area contributed by atoms with E-state index in [1.165, 1.54) is 19.3 Å². The predicted octanol–water partition coefficient (Wildman–Crippen LogP) is 1.24. The van der Waals surface area contributed by atoms with Crippen LogP contribution >= 0.6 is 0 Å². The molecule has 0 amide bonds. The Morgan fingerprint density at radius 3 is 2.36 bits per heavy atom. The third kappa shape index (κ3) is 1.74. The summed E-state index contributed by atoms with van der Waals surface area (Å²) in [6, 6.07) is 1.18. The standard InChI is InChI=1S/C9H19NO/c1-3-8-5-6-9(7-11)10(8)4-2/h8-9,11H,3-7H2,1-2H3. The molecule has 0 aromatic rings. The highest BCUT2D eigenvalue weighted by molar-refractivity contribution is 4.85. The van der Waals surface area contributed by atoms with Crippen LogP contribution in [0.5, 0.6) is 0 Å². The lowest BCUT2D eigenvalue weighted by Gasteiger charge is -2.26. The predicted molar refractivity (Wildman–Crippen MR) is 46.6 cm³/mol. The van der Waals surface area contributed by atoms with E-state index in [9.17, 15) is 0 Å². The van der Waals surface area contributed by atoms with E-state index in [0.29, 0.717) is 12.6 Å². The van der Waals surface area contributed by atoms with Gasteiger partial charge in [0.05, 0.1) is 6.61 Å². The Kier molecular flexibility index (Phi) is 3.34. The van der Waals surface area contributed by atoms with Crippen molar-refractivity contribution >= 4 is 0 Å². The molecule has 1 rings (SSSR count). The molecule has 0 saturated carbocycles. The number of aliphatic hydroxyl groups excluding tert-OH is 1. The van der Waals surface area contributed by atoms with Gasteiger partial charge in [-0.2, -0.15) is 0 Å². The molecule has 0 aliphatic carbocycles. The molecule has 66 valence electrons. The second kappa shape index (κ2) is 4.07. The summed E-state index contributed by atoms with van der Waals surface area (Å²) < 4.78 is 0. The molecular weight excluding hydrogens is 138 g/mol. The minimum absolute atomic E-state index is 0.338. The average Bonchev–Trinajstić information content (AvgIpc) is 2.45. The van der Waals surface area contributed by atoms with Crippen LogP contribution in [-0.4, -0.2) is 35.2 Å².